The molecule has 0 saturated heterocycles. The van der Waals surface area contributed by atoms with Gasteiger partial charge in [0.05, 0.1) is 13.2 Å². The predicted octanol–water partition coefficient (Wildman–Crippen LogP) is 0.351. The van der Waals surface area contributed by atoms with Crippen LogP contribution >= 0.6 is 0 Å². The molecule has 0 N–H and O–H groups in total. The lowest BCUT2D eigenvalue weighted by molar-refractivity contribution is 0.396. The van der Waals surface area contributed by atoms with Crippen molar-refractivity contribution in [2.24, 2.45) is 0 Å². The van der Waals surface area contributed by atoms with Gasteiger partial charge in [0.25, 0.3) is 0 Å². The second kappa shape index (κ2) is 3.18. The summed E-state index contributed by atoms with van der Waals surface area (Å²) in [4.78, 5) is 9.80. The van der Waals surface area contributed by atoms with Crippen LogP contribution in [0.1, 0.15) is 0 Å². The Morgan fingerprint density at radius 3 is 2.82 bits per heavy atom. The molecule has 0 atom stereocenters. The minimum absolute atomic E-state index is 0.462. The number of aromatic nitrogens is 2. The van der Waals surface area contributed by atoms with Crippen molar-refractivity contribution in [2.75, 3.05) is 26.1 Å². The maximum absolute atomic E-state index is 4.87. The molecule has 0 aliphatic heterocycles. The van der Waals surface area contributed by atoms with Gasteiger partial charge in [0.2, 0.25) is 11.8 Å². The van der Waals surface area contributed by atoms with E-state index in [2.05, 4.69) is 16.0 Å². The topological polar surface area (TPSA) is 38.2 Å². The van der Waals surface area contributed by atoms with Gasteiger partial charge in [-0.3, -0.25) is 0 Å². The summed E-state index contributed by atoms with van der Waals surface area (Å²) in [6, 6.07) is 2.74. The maximum atomic E-state index is 4.87. The second-order valence-electron chi connectivity index (χ2n) is 2.22. The molecule has 0 amide bonds. The maximum Gasteiger partial charge on any atom is 0.228 e. The van der Waals surface area contributed by atoms with Gasteiger partial charge >= 0.3 is 0 Å². The zero-order valence-corrected chi connectivity index (χ0v) is 6.83. The van der Waals surface area contributed by atoms with E-state index in [0.29, 0.717) is 11.8 Å². The van der Waals surface area contributed by atoms with Gasteiger partial charge in [-0.1, -0.05) is 0 Å². The fourth-order valence-corrected chi connectivity index (χ4v) is 0.617. The highest BCUT2D eigenvalue weighted by Gasteiger charge is 1.99. The number of methoxy groups -OCH3 is 1. The fraction of sp³-hybridized carbons (Fsp3) is 0.429. The molecule has 0 aliphatic rings. The normalized spacial score (nSPS) is 9.36. The molecular formula is C7H10N3O. The Labute approximate surface area is 65.8 Å². The third-order valence-corrected chi connectivity index (χ3v) is 1.16. The van der Waals surface area contributed by atoms with E-state index < -0.39 is 0 Å². The fourth-order valence-electron chi connectivity index (χ4n) is 0.617. The molecule has 0 unspecified atom stereocenters. The van der Waals surface area contributed by atoms with Crippen LogP contribution in [0.2, 0.25) is 0 Å². The highest BCUT2D eigenvalue weighted by Crippen LogP contribution is 2.07. The van der Waals surface area contributed by atoms with Crippen molar-refractivity contribution < 1.29 is 4.74 Å². The summed E-state index contributed by atoms with van der Waals surface area (Å²) in [5, 5.41) is 0. The lowest BCUT2D eigenvalue weighted by Crippen LogP contribution is -2.12. The molecule has 0 fully saturated rings. The van der Waals surface area contributed by atoms with Crippen molar-refractivity contribution in [2.45, 2.75) is 0 Å². The summed E-state index contributed by atoms with van der Waals surface area (Å²) in [7, 11) is 5.29. The zero-order chi connectivity index (χ0) is 8.27. The lowest BCUT2D eigenvalue weighted by Gasteiger charge is -2.09. The van der Waals surface area contributed by atoms with Crippen molar-refractivity contribution >= 4 is 5.95 Å². The van der Waals surface area contributed by atoms with E-state index in [1.807, 2.05) is 14.1 Å². The number of hydrogen-bond donors (Lipinski definition) is 0. The van der Waals surface area contributed by atoms with Gasteiger partial charge in [0, 0.05) is 20.3 Å². The minimum Gasteiger partial charge on any atom is -0.480 e. The Kier molecular flexibility index (Phi) is 2.25. The first-order valence-electron chi connectivity index (χ1n) is 3.20. The Balaban J connectivity index is 2.91. The summed E-state index contributed by atoms with van der Waals surface area (Å²) in [6.45, 7) is 0. The van der Waals surface area contributed by atoms with Crippen LogP contribution in [0, 0.1) is 6.07 Å². The third kappa shape index (κ3) is 1.80. The summed E-state index contributed by atoms with van der Waals surface area (Å²) < 4.78 is 4.87. The average Bonchev–Trinajstić information content (AvgIpc) is 2.05. The number of hydrogen-bond acceptors (Lipinski definition) is 4. The third-order valence-electron chi connectivity index (χ3n) is 1.16. The molecular weight excluding hydrogens is 142 g/mol. The van der Waals surface area contributed by atoms with Crippen LogP contribution in [0.15, 0.2) is 6.20 Å². The average molecular weight is 152 g/mol. The van der Waals surface area contributed by atoms with E-state index in [1.165, 1.54) is 0 Å². The van der Waals surface area contributed by atoms with Gasteiger partial charge in [0.1, 0.15) is 0 Å². The van der Waals surface area contributed by atoms with E-state index in [-0.39, 0.29) is 0 Å². The summed E-state index contributed by atoms with van der Waals surface area (Å²) >= 11 is 0. The molecule has 0 aliphatic carbocycles. The zero-order valence-electron chi connectivity index (χ0n) is 6.83. The van der Waals surface area contributed by atoms with Gasteiger partial charge in [-0.25, -0.2) is 4.98 Å². The molecule has 0 bridgehead atoms. The molecule has 1 radical (unpaired) electrons. The molecule has 4 nitrogen and oxygen atoms in total. The second-order valence-corrected chi connectivity index (χ2v) is 2.22. The molecule has 1 aromatic rings. The molecule has 0 aromatic carbocycles. The monoisotopic (exact) mass is 152 g/mol. The molecule has 1 heterocycles. The minimum atomic E-state index is 0.462. The predicted molar refractivity (Wildman–Crippen MR) is 41.7 cm³/mol. The van der Waals surface area contributed by atoms with Crippen LogP contribution in [-0.4, -0.2) is 31.2 Å². The standard InChI is InChI=1S/C7H10N3O/c1-10(2)7-8-5-4-6(9-7)11-3/h5H,1-3H3. The first-order valence-corrected chi connectivity index (χ1v) is 3.20. The summed E-state index contributed by atoms with van der Waals surface area (Å²) in [6.07, 6.45) is 1.54. The Bertz CT molecular complexity index is 237. The van der Waals surface area contributed by atoms with E-state index >= 15 is 0 Å². The van der Waals surface area contributed by atoms with Crippen molar-refractivity contribution in [3.8, 4) is 5.88 Å². The van der Waals surface area contributed by atoms with Crippen molar-refractivity contribution in [1.29, 1.82) is 0 Å². The van der Waals surface area contributed by atoms with Crippen molar-refractivity contribution in [3.05, 3.63) is 12.3 Å². The van der Waals surface area contributed by atoms with Crippen LogP contribution in [0.25, 0.3) is 0 Å². The first kappa shape index (κ1) is 7.78. The summed E-state index contributed by atoms with van der Waals surface area (Å²) in [5.41, 5.74) is 0. The Morgan fingerprint density at radius 2 is 2.27 bits per heavy atom. The highest BCUT2D eigenvalue weighted by atomic mass is 16.5. The van der Waals surface area contributed by atoms with Crippen LogP contribution in [-0.2, 0) is 0 Å². The van der Waals surface area contributed by atoms with Crippen LogP contribution in [0.4, 0.5) is 5.95 Å². The smallest absolute Gasteiger partial charge is 0.228 e. The molecule has 11 heavy (non-hydrogen) atoms. The van der Waals surface area contributed by atoms with Gasteiger partial charge in [-0.15, -0.1) is 0 Å². The van der Waals surface area contributed by atoms with E-state index in [1.54, 1.807) is 18.2 Å². The molecule has 0 saturated carbocycles. The van der Waals surface area contributed by atoms with Gasteiger partial charge < -0.3 is 9.64 Å². The molecule has 59 valence electrons. The van der Waals surface area contributed by atoms with Crippen LogP contribution in [0.3, 0.4) is 0 Å². The highest BCUT2D eigenvalue weighted by molar-refractivity contribution is 5.28. The molecule has 1 rings (SSSR count). The van der Waals surface area contributed by atoms with E-state index in [4.69, 9.17) is 4.74 Å². The largest absolute Gasteiger partial charge is 0.480 e. The molecule has 0 spiro atoms. The quantitative estimate of drug-likeness (QED) is 0.613. The van der Waals surface area contributed by atoms with Gasteiger partial charge in [-0.05, 0) is 0 Å². The number of ether oxygens (including phenoxy) is 1. The van der Waals surface area contributed by atoms with Crippen molar-refractivity contribution in [3.63, 3.8) is 0 Å². The molecule has 1 aromatic heterocycles. The SMILES string of the molecule is COc1[c]cnc(N(C)C)n1. The van der Waals surface area contributed by atoms with Gasteiger partial charge in [-0.2, -0.15) is 4.98 Å². The van der Waals surface area contributed by atoms with Crippen molar-refractivity contribution in [1.82, 2.24) is 9.97 Å². The lowest BCUT2D eigenvalue weighted by atomic mass is 10.6. The van der Waals surface area contributed by atoms with Crippen LogP contribution in [0.5, 0.6) is 5.88 Å². The van der Waals surface area contributed by atoms with Gasteiger partial charge in [0.15, 0.2) is 0 Å². The Morgan fingerprint density at radius 1 is 1.55 bits per heavy atom. The van der Waals surface area contributed by atoms with E-state index in [0.717, 1.165) is 0 Å². The Hall–Kier alpha value is -1.32. The first-order chi connectivity index (χ1) is 5.24. The molecule has 4 heteroatoms. The van der Waals surface area contributed by atoms with E-state index in [9.17, 15) is 0 Å². The summed E-state index contributed by atoms with van der Waals surface area (Å²) in [5.74, 6) is 1.09. The number of rotatable bonds is 2. The van der Waals surface area contributed by atoms with Crippen LogP contribution < -0.4 is 9.64 Å². The number of anilines is 1. The number of nitrogens with zero attached hydrogens (tertiary/aromatic N) is 3.